The quantitative estimate of drug-likeness (QED) is 0.931. The molecule has 0 radical (unpaired) electrons. The van der Waals surface area contributed by atoms with Gasteiger partial charge in [-0.15, -0.1) is 11.3 Å². The Morgan fingerprint density at radius 2 is 2.14 bits per heavy atom. The summed E-state index contributed by atoms with van der Waals surface area (Å²) in [5.41, 5.74) is 0.364. The summed E-state index contributed by atoms with van der Waals surface area (Å²) in [6.45, 7) is 0.738. The van der Waals surface area contributed by atoms with Crippen LogP contribution in [0.15, 0.2) is 5.38 Å². The average Bonchev–Trinajstić information content (AvgIpc) is 3.10. The minimum atomic E-state index is -2.57. The fourth-order valence-electron chi connectivity index (χ4n) is 2.76. The molecule has 0 aromatic carbocycles. The van der Waals surface area contributed by atoms with E-state index >= 15 is 0 Å². The molecule has 1 aromatic rings. The van der Waals surface area contributed by atoms with E-state index in [0.717, 1.165) is 24.5 Å². The number of ether oxygens (including phenoxy) is 1. The Labute approximate surface area is 125 Å². The lowest BCUT2D eigenvalue weighted by Gasteiger charge is -2.28. The molecular formula is C14H18F2N2O2S. The lowest BCUT2D eigenvalue weighted by molar-refractivity contribution is -0.0399. The maximum atomic E-state index is 13.1. The van der Waals surface area contributed by atoms with Crippen molar-refractivity contribution in [2.24, 2.45) is 0 Å². The van der Waals surface area contributed by atoms with E-state index < -0.39 is 5.92 Å². The third-order valence-electron chi connectivity index (χ3n) is 4.01. The third kappa shape index (κ3) is 3.58. The first kappa shape index (κ1) is 14.8. The zero-order chi connectivity index (χ0) is 14.9. The number of hydrogen-bond acceptors (Lipinski definition) is 4. The van der Waals surface area contributed by atoms with Gasteiger partial charge in [0.05, 0.1) is 0 Å². The Hall–Kier alpha value is -1.08. The van der Waals surface area contributed by atoms with Gasteiger partial charge in [0.1, 0.15) is 16.8 Å². The molecule has 7 heteroatoms. The van der Waals surface area contributed by atoms with Gasteiger partial charge in [-0.3, -0.25) is 4.79 Å². The molecule has 0 spiro atoms. The number of carbonyl (C=O) groups is 1. The molecule has 1 saturated carbocycles. The van der Waals surface area contributed by atoms with Crippen LogP contribution in [0.1, 0.15) is 60.1 Å². The summed E-state index contributed by atoms with van der Waals surface area (Å²) in [6.07, 6.45) is 2.29. The number of hydrogen-bond donors (Lipinski definition) is 1. The molecule has 2 fully saturated rings. The lowest BCUT2D eigenvalue weighted by atomic mass is 9.92. The average molecular weight is 316 g/mol. The van der Waals surface area contributed by atoms with Crippen molar-refractivity contribution in [3.8, 4) is 0 Å². The van der Waals surface area contributed by atoms with Gasteiger partial charge < -0.3 is 10.1 Å². The Bertz CT molecular complexity index is 505. The third-order valence-corrected chi connectivity index (χ3v) is 4.95. The summed E-state index contributed by atoms with van der Waals surface area (Å²) >= 11 is 1.42. The first-order valence-electron chi connectivity index (χ1n) is 7.29. The smallest absolute Gasteiger partial charge is 0.270 e. The summed E-state index contributed by atoms with van der Waals surface area (Å²) < 4.78 is 31.7. The molecule has 1 amide bonds. The van der Waals surface area contributed by atoms with Gasteiger partial charge in [0.2, 0.25) is 5.92 Å². The topological polar surface area (TPSA) is 51.2 Å². The van der Waals surface area contributed by atoms with Crippen molar-refractivity contribution < 1.29 is 18.3 Å². The van der Waals surface area contributed by atoms with Crippen LogP contribution in [0, 0.1) is 0 Å². The Kier molecular flexibility index (Phi) is 4.21. The first-order chi connectivity index (χ1) is 10.0. The van der Waals surface area contributed by atoms with E-state index in [0.29, 0.717) is 18.5 Å². The molecule has 1 saturated heterocycles. The highest BCUT2D eigenvalue weighted by Gasteiger charge is 2.35. The van der Waals surface area contributed by atoms with Gasteiger partial charge in [0, 0.05) is 30.9 Å². The number of rotatable bonds is 3. The van der Waals surface area contributed by atoms with E-state index in [1.807, 2.05) is 0 Å². The fourth-order valence-corrected chi connectivity index (χ4v) is 3.64. The molecule has 2 heterocycles. The number of nitrogens with zero attached hydrogens (tertiary/aromatic N) is 1. The monoisotopic (exact) mass is 316 g/mol. The summed E-state index contributed by atoms with van der Waals surface area (Å²) in [5.74, 6) is -2.85. The van der Waals surface area contributed by atoms with E-state index in [-0.39, 0.29) is 30.9 Å². The predicted octanol–water partition coefficient (Wildman–Crippen LogP) is 3.30. The second-order valence-electron chi connectivity index (χ2n) is 5.68. The van der Waals surface area contributed by atoms with E-state index in [1.54, 1.807) is 5.38 Å². The maximum absolute atomic E-state index is 13.1. The van der Waals surface area contributed by atoms with Crippen LogP contribution in [-0.2, 0) is 4.74 Å². The summed E-state index contributed by atoms with van der Waals surface area (Å²) in [4.78, 5) is 16.4. The van der Waals surface area contributed by atoms with Crippen molar-refractivity contribution in [3.05, 3.63) is 16.1 Å². The summed E-state index contributed by atoms with van der Waals surface area (Å²) in [7, 11) is 0. The predicted molar refractivity (Wildman–Crippen MR) is 74.7 cm³/mol. The molecule has 0 bridgehead atoms. The molecule has 1 aliphatic heterocycles. The Morgan fingerprint density at radius 1 is 1.38 bits per heavy atom. The van der Waals surface area contributed by atoms with Crippen LogP contribution in [0.4, 0.5) is 8.78 Å². The molecule has 3 rings (SSSR count). The molecule has 4 nitrogen and oxygen atoms in total. The number of nitrogens with one attached hydrogen (secondary N) is 1. The van der Waals surface area contributed by atoms with Crippen molar-refractivity contribution in [1.82, 2.24) is 10.3 Å². The highest BCUT2D eigenvalue weighted by atomic mass is 32.1. The van der Waals surface area contributed by atoms with Crippen LogP contribution in [0.2, 0.25) is 0 Å². The van der Waals surface area contributed by atoms with Gasteiger partial charge in [-0.05, 0) is 25.7 Å². The summed E-state index contributed by atoms with van der Waals surface area (Å²) in [6, 6.07) is -0.176. The highest BCUT2D eigenvalue weighted by Crippen LogP contribution is 2.33. The molecular weight excluding hydrogens is 298 g/mol. The number of carbonyl (C=O) groups excluding carboxylic acids is 1. The van der Waals surface area contributed by atoms with Crippen LogP contribution < -0.4 is 5.32 Å². The number of amides is 1. The molecule has 1 atom stereocenters. The highest BCUT2D eigenvalue weighted by molar-refractivity contribution is 7.09. The van der Waals surface area contributed by atoms with E-state index in [4.69, 9.17) is 4.74 Å². The van der Waals surface area contributed by atoms with Crippen molar-refractivity contribution in [2.75, 3.05) is 6.61 Å². The Morgan fingerprint density at radius 3 is 2.81 bits per heavy atom. The van der Waals surface area contributed by atoms with Gasteiger partial charge in [0.15, 0.2) is 0 Å². The molecule has 1 unspecified atom stereocenters. The van der Waals surface area contributed by atoms with Crippen LogP contribution in [-0.4, -0.2) is 29.5 Å². The van der Waals surface area contributed by atoms with Gasteiger partial charge in [-0.1, -0.05) is 0 Å². The zero-order valence-corrected chi connectivity index (χ0v) is 12.4. The Balaban J connectivity index is 1.56. The minimum Gasteiger partial charge on any atom is -0.371 e. The summed E-state index contributed by atoms with van der Waals surface area (Å²) in [5, 5.41) is 5.35. The SMILES string of the molecule is O=C(NC1CCC(F)(F)CC1)c1csc(C2CCCO2)n1. The van der Waals surface area contributed by atoms with Crippen LogP contribution in [0.25, 0.3) is 0 Å². The zero-order valence-electron chi connectivity index (χ0n) is 11.6. The molecule has 116 valence electrons. The number of aromatic nitrogens is 1. The number of halogens is 2. The standard InChI is InChI=1S/C14H18F2N2O2S/c15-14(16)5-3-9(4-6-14)17-12(19)10-8-21-13(18-10)11-2-1-7-20-11/h8-9,11H,1-7H2,(H,17,19). The molecule has 1 aliphatic carbocycles. The molecule has 1 aromatic heterocycles. The number of thiazole rings is 1. The van der Waals surface area contributed by atoms with Crippen molar-refractivity contribution in [2.45, 2.75) is 56.6 Å². The van der Waals surface area contributed by atoms with Crippen molar-refractivity contribution in [1.29, 1.82) is 0 Å². The van der Waals surface area contributed by atoms with Crippen LogP contribution in [0.3, 0.4) is 0 Å². The fraction of sp³-hybridized carbons (Fsp3) is 0.714. The van der Waals surface area contributed by atoms with Crippen LogP contribution >= 0.6 is 11.3 Å². The molecule has 2 aliphatic rings. The van der Waals surface area contributed by atoms with Gasteiger partial charge in [-0.25, -0.2) is 13.8 Å². The molecule has 21 heavy (non-hydrogen) atoms. The van der Waals surface area contributed by atoms with E-state index in [1.165, 1.54) is 11.3 Å². The number of alkyl halides is 2. The van der Waals surface area contributed by atoms with Crippen molar-refractivity contribution >= 4 is 17.2 Å². The van der Waals surface area contributed by atoms with Crippen molar-refractivity contribution in [3.63, 3.8) is 0 Å². The second-order valence-corrected chi connectivity index (χ2v) is 6.57. The van der Waals surface area contributed by atoms with Gasteiger partial charge in [0.25, 0.3) is 5.91 Å². The van der Waals surface area contributed by atoms with Gasteiger partial charge in [-0.2, -0.15) is 0 Å². The van der Waals surface area contributed by atoms with Crippen LogP contribution in [0.5, 0.6) is 0 Å². The first-order valence-corrected chi connectivity index (χ1v) is 8.17. The van der Waals surface area contributed by atoms with E-state index in [9.17, 15) is 13.6 Å². The largest absolute Gasteiger partial charge is 0.371 e. The minimum absolute atomic E-state index is 0.00456. The van der Waals surface area contributed by atoms with Gasteiger partial charge >= 0.3 is 0 Å². The second kappa shape index (κ2) is 5.96. The lowest BCUT2D eigenvalue weighted by Crippen LogP contribution is -2.40. The normalized spacial score (nSPS) is 25.9. The van der Waals surface area contributed by atoms with E-state index in [2.05, 4.69) is 10.3 Å². The molecule has 1 N–H and O–H groups in total. The maximum Gasteiger partial charge on any atom is 0.270 e.